The standard InChI is InChI=1S/C15H19N3O6/c1-2-11(15(20)21)16-14(19)10-3-4-12(13(9-10)18(22)23)17-5-7-24-8-6-17/h3-4,9,11H,2,5-8H2,1H3,(H,16,19)(H,20,21)/t11-/m0/s1. The van der Waals surface area contributed by atoms with Gasteiger partial charge in [-0.05, 0) is 18.6 Å². The van der Waals surface area contributed by atoms with Gasteiger partial charge in [-0.3, -0.25) is 14.9 Å². The first-order chi connectivity index (χ1) is 11.4. The number of aliphatic carboxylic acids is 1. The molecular formula is C15H19N3O6. The maximum Gasteiger partial charge on any atom is 0.326 e. The summed E-state index contributed by atoms with van der Waals surface area (Å²) in [4.78, 5) is 35.8. The Morgan fingerprint density at radius 3 is 2.62 bits per heavy atom. The molecule has 1 heterocycles. The Hall–Kier alpha value is -2.68. The number of morpholine rings is 1. The molecule has 0 aliphatic carbocycles. The Bertz CT molecular complexity index is 642. The number of nitro benzene ring substituents is 1. The molecule has 1 atom stereocenters. The molecule has 1 aliphatic rings. The molecule has 9 nitrogen and oxygen atoms in total. The van der Waals surface area contributed by atoms with Crippen molar-refractivity contribution in [3.8, 4) is 0 Å². The predicted octanol–water partition coefficient (Wildman–Crippen LogP) is 1.02. The van der Waals surface area contributed by atoms with Crippen molar-refractivity contribution < 1.29 is 24.4 Å². The highest BCUT2D eigenvalue weighted by atomic mass is 16.6. The third kappa shape index (κ3) is 3.99. The van der Waals surface area contributed by atoms with Gasteiger partial charge < -0.3 is 20.1 Å². The smallest absolute Gasteiger partial charge is 0.326 e. The molecule has 2 rings (SSSR count). The zero-order chi connectivity index (χ0) is 17.7. The molecule has 1 fully saturated rings. The van der Waals surface area contributed by atoms with Gasteiger partial charge in [-0.1, -0.05) is 6.92 Å². The molecule has 1 aromatic rings. The van der Waals surface area contributed by atoms with Crippen LogP contribution >= 0.6 is 0 Å². The summed E-state index contributed by atoms with van der Waals surface area (Å²) in [5, 5.41) is 22.7. The number of amides is 1. The average Bonchev–Trinajstić information content (AvgIpc) is 2.59. The molecule has 1 amide bonds. The minimum Gasteiger partial charge on any atom is -0.480 e. The fourth-order valence-corrected chi connectivity index (χ4v) is 2.46. The molecule has 0 spiro atoms. The molecule has 0 unspecified atom stereocenters. The first-order valence-corrected chi connectivity index (χ1v) is 7.58. The number of carbonyl (C=O) groups excluding carboxylic acids is 1. The summed E-state index contributed by atoms with van der Waals surface area (Å²) in [7, 11) is 0. The van der Waals surface area contributed by atoms with Crippen LogP contribution in [-0.2, 0) is 9.53 Å². The highest BCUT2D eigenvalue weighted by molar-refractivity contribution is 5.97. The number of nitro groups is 1. The number of hydrogen-bond acceptors (Lipinski definition) is 6. The Labute approximate surface area is 138 Å². The van der Waals surface area contributed by atoms with Gasteiger partial charge in [-0.15, -0.1) is 0 Å². The Kier molecular flexibility index (Phi) is 5.69. The van der Waals surface area contributed by atoms with E-state index < -0.39 is 22.8 Å². The molecule has 2 N–H and O–H groups in total. The molecule has 0 aromatic heterocycles. The van der Waals surface area contributed by atoms with Crippen molar-refractivity contribution in [1.29, 1.82) is 0 Å². The van der Waals surface area contributed by atoms with Crippen LogP contribution in [0, 0.1) is 10.1 Å². The van der Waals surface area contributed by atoms with Crippen LogP contribution in [0.25, 0.3) is 0 Å². The highest BCUT2D eigenvalue weighted by Gasteiger charge is 2.25. The van der Waals surface area contributed by atoms with Crippen LogP contribution < -0.4 is 10.2 Å². The molecule has 1 aromatic carbocycles. The summed E-state index contributed by atoms with van der Waals surface area (Å²) in [5.74, 6) is -1.80. The fraction of sp³-hybridized carbons (Fsp3) is 0.467. The van der Waals surface area contributed by atoms with Gasteiger partial charge >= 0.3 is 5.97 Å². The zero-order valence-electron chi connectivity index (χ0n) is 13.2. The van der Waals surface area contributed by atoms with E-state index in [-0.39, 0.29) is 17.7 Å². The number of carbonyl (C=O) groups is 2. The molecular weight excluding hydrogens is 318 g/mol. The van der Waals surface area contributed by atoms with Crippen molar-refractivity contribution >= 4 is 23.3 Å². The van der Waals surface area contributed by atoms with Gasteiger partial charge in [-0.25, -0.2) is 4.79 Å². The lowest BCUT2D eigenvalue weighted by molar-refractivity contribution is -0.384. The number of ether oxygens (including phenoxy) is 1. The molecule has 24 heavy (non-hydrogen) atoms. The van der Waals surface area contributed by atoms with E-state index in [0.29, 0.717) is 32.0 Å². The van der Waals surface area contributed by atoms with E-state index in [1.54, 1.807) is 6.92 Å². The number of anilines is 1. The monoisotopic (exact) mass is 337 g/mol. The molecule has 9 heteroatoms. The quantitative estimate of drug-likeness (QED) is 0.587. The van der Waals surface area contributed by atoms with Gasteiger partial charge in [0.1, 0.15) is 11.7 Å². The second-order valence-electron chi connectivity index (χ2n) is 5.33. The van der Waals surface area contributed by atoms with Crippen molar-refractivity contribution in [2.24, 2.45) is 0 Å². The second kappa shape index (κ2) is 7.73. The van der Waals surface area contributed by atoms with Crippen molar-refractivity contribution in [2.75, 3.05) is 31.2 Å². The fourth-order valence-electron chi connectivity index (χ4n) is 2.46. The van der Waals surface area contributed by atoms with E-state index in [1.165, 1.54) is 18.2 Å². The molecule has 0 radical (unpaired) electrons. The number of carboxylic acid groups (broad SMARTS) is 1. The lowest BCUT2D eigenvalue weighted by Crippen LogP contribution is -2.40. The third-order valence-corrected chi connectivity index (χ3v) is 3.80. The Morgan fingerprint density at radius 1 is 1.42 bits per heavy atom. The van der Waals surface area contributed by atoms with Gasteiger partial charge in [0, 0.05) is 24.7 Å². The van der Waals surface area contributed by atoms with Gasteiger partial charge in [0.05, 0.1) is 18.1 Å². The third-order valence-electron chi connectivity index (χ3n) is 3.80. The van der Waals surface area contributed by atoms with E-state index in [0.717, 1.165) is 0 Å². The van der Waals surface area contributed by atoms with Crippen molar-refractivity contribution in [3.63, 3.8) is 0 Å². The van der Waals surface area contributed by atoms with Crippen molar-refractivity contribution in [1.82, 2.24) is 5.32 Å². The average molecular weight is 337 g/mol. The van der Waals surface area contributed by atoms with Gasteiger partial charge in [-0.2, -0.15) is 0 Å². The SMILES string of the molecule is CC[C@H](NC(=O)c1ccc(N2CCOCC2)c([N+](=O)[O-])c1)C(=O)O. The van der Waals surface area contributed by atoms with Crippen molar-refractivity contribution in [2.45, 2.75) is 19.4 Å². The van der Waals surface area contributed by atoms with Crippen LogP contribution in [-0.4, -0.2) is 54.3 Å². The number of nitrogens with zero attached hydrogens (tertiary/aromatic N) is 2. The number of carboxylic acids is 1. The van der Waals surface area contributed by atoms with Gasteiger partial charge in [0.25, 0.3) is 11.6 Å². The van der Waals surface area contributed by atoms with Crippen molar-refractivity contribution in [3.05, 3.63) is 33.9 Å². The molecule has 1 saturated heterocycles. The number of nitrogens with one attached hydrogen (secondary N) is 1. The van der Waals surface area contributed by atoms with E-state index >= 15 is 0 Å². The summed E-state index contributed by atoms with van der Waals surface area (Å²) in [6, 6.07) is 3.12. The maximum absolute atomic E-state index is 12.2. The summed E-state index contributed by atoms with van der Waals surface area (Å²) < 4.78 is 5.23. The number of hydrogen-bond donors (Lipinski definition) is 2. The summed E-state index contributed by atoms with van der Waals surface area (Å²) in [5.41, 5.74) is 0.288. The molecule has 0 bridgehead atoms. The zero-order valence-corrected chi connectivity index (χ0v) is 13.2. The topological polar surface area (TPSA) is 122 Å². The first-order valence-electron chi connectivity index (χ1n) is 7.58. The highest BCUT2D eigenvalue weighted by Crippen LogP contribution is 2.29. The largest absolute Gasteiger partial charge is 0.480 e. The van der Waals surface area contributed by atoms with Crippen LogP contribution in [0.5, 0.6) is 0 Å². The van der Waals surface area contributed by atoms with Crippen LogP contribution in [0.2, 0.25) is 0 Å². The van der Waals surface area contributed by atoms with Gasteiger partial charge in [0.2, 0.25) is 0 Å². The molecule has 1 aliphatic heterocycles. The van der Waals surface area contributed by atoms with E-state index in [1.807, 2.05) is 4.90 Å². The maximum atomic E-state index is 12.2. The van der Waals surface area contributed by atoms with Crippen LogP contribution in [0.4, 0.5) is 11.4 Å². The molecule has 0 saturated carbocycles. The normalized spacial score (nSPS) is 15.6. The number of benzene rings is 1. The number of rotatable bonds is 6. The Morgan fingerprint density at radius 2 is 2.08 bits per heavy atom. The lowest BCUT2D eigenvalue weighted by Gasteiger charge is -2.28. The predicted molar refractivity (Wildman–Crippen MR) is 85.3 cm³/mol. The summed E-state index contributed by atoms with van der Waals surface area (Å²) in [6.07, 6.45) is 0.217. The van der Waals surface area contributed by atoms with E-state index in [4.69, 9.17) is 9.84 Å². The van der Waals surface area contributed by atoms with Crippen LogP contribution in [0.3, 0.4) is 0 Å². The van der Waals surface area contributed by atoms with Crippen LogP contribution in [0.1, 0.15) is 23.7 Å². The molecule has 130 valence electrons. The minimum absolute atomic E-state index is 0.0541. The van der Waals surface area contributed by atoms with Gasteiger partial charge in [0.15, 0.2) is 0 Å². The van der Waals surface area contributed by atoms with E-state index in [2.05, 4.69) is 5.32 Å². The second-order valence-corrected chi connectivity index (χ2v) is 5.33. The summed E-state index contributed by atoms with van der Waals surface area (Å²) >= 11 is 0. The van der Waals surface area contributed by atoms with E-state index in [9.17, 15) is 19.7 Å². The lowest BCUT2D eigenvalue weighted by atomic mass is 10.1. The Balaban J connectivity index is 2.26. The minimum atomic E-state index is -1.15. The first kappa shape index (κ1) is 17.7. The summed E-state index contributed by atoms with van der Waals surface area (Å²) in [6.45, 7) is 3.65. The van der Waals surface area contributed by atoms with Crippen LogP contribution in [0.15, 0.2) is 18.2 Å².